The molecule has 0 bridgehead atoms. The van der Waals surface area contributed by atoms with E-state index in [0.717, 1.165) is 29.8 Å². The summed E-state index contributed by atoms with van der Waals surface area (Å²) in [6.07, 6.45) is 0.679. The van der Waals surface area contributed by atoms with Crippen LogP contribution in [0.25, 0.3) is 10.8 Å². The smallest absolute Gasteiger partial charge is 0.159 e. The summed E-state index contributed by atoms with van der Waals surface area (Å²) in [7, 11) is 0. The van der Waals surface area contributed by atoms with E-state index >= 15 is 0 Å². The van der Waals surface area contributed by atoms with Gasteiger partial charge in [0.2, 0.25) is 0 Å². The van der Waals surface area contributed by atoms with Crippen LogP contribution in [0.15, 0.2) is 60.7 Å². The van der Waals surface area contributed by atoms with Crippen molar-refractivity contribution < 1.29 is 22.0 Å². The first-order valence-corrected chi connectivity index (χ1v) is 10.0. The van der Waals surface area contributed by atoms with Crippen LogP contribution in [0.2, 0.25) is 0 Å². The average Bonchev–Trinajstić information content (AvgIpc) is 2.78. The normalized spacial score (nSPS) is 10.4. The van der Waals surface area contributed by atoms with E-state index in [1.54, 1.807) is 18.2 Å². The molecule has 0 heterocycles. The summed E-state index contributed by atoms with van der Waals surface area (Å²) in [5, 5.41) is 0.881. The molecule has 0 atom stereocenters. The molecule has 4 aromatic carbocycles. The molecule has 0 fully saturated rings. The van der Waals surface area contributed by atoms with Crippen molar-refractivity contribution in [3.05, 3.63) is 118 Å². The molecule has 0 radical (unpaired) electrons. The van der Waals surface area contributed by atoms with Crippen molar-refractivity contribution in [1.29, 1.82) is 0 Å². The molecule has 162 valence electrons. The predicted octanol–water partition coefficient (Wildman–Crippen LogP) is 6.90. The Hall–Kier alpha value is -4.09. The van der Waals surface area contributed by atoms with Crippen LogP contribution in [-0.4, -0.2) is 0 Å². The molecule has 0 nitrogen and oxygen atoms in total. The van der Waals surface area contributed by atoms with Crippen LogP contribution in [0.4, 0.5) is 22.0 Å². The average molecular weight is 446 g/mol. The maximum Gasteiger partial charge on any atom is 0.159 e. The monoisotopic (exact) mass is 446 g/mol. The molecule has 0 saturated heterocycles. The largest absolute Gasteiger partial charge is 0.206 e. The van der Waals surface area contributed by atoms with E-state index in [9.17, 15) is 22.0 Å². The Morgan fingerprint density at radius 1 is 0.545 bits per heavy atom. The van der Waals surface area contributed by atoms with Gasteiger partial charge in [-0.15, -0.1) is 0 Å². The highest BCUT2D eigenvalue weighted by Gasteiger charge is 2.09. The second kappa shape index (κ2) is 9.18. The number of rotatable bonds is 1. The third-order valence-corrected chi connectivity index (χ3v) is 5.04. The van der Waals surface area contributed by atoms with Gasteiger partial charge < -0.3 is 0 Å². The van der Waals surface area contributed by atoms with Gasteiger partial charge in [-0.1, -0.05) is 42.7 Å². The van der Waals surface area contributed by atoms with E-state index in [1.807, 2.05) is 6.92 Å². The van der Waals surface area contributed by atoms with E-state index in [0.29, 0.717) is 22.8 Å². The Morgan fingerprint density at radius 2 is 1.21 bits per heavy atom. The minimum atomic E-state index is -0.998. The van der Waals surface area contributed by atoms with Crippen LogP contribution in [-0.2, 0) is 6.42 Å². The second-order valence-corrected chi connectivity index (χ2v) is 7.31. The van der Waals surface area contributed by atoms with E-state index < -0.39 is 34.6 Å². The number of hydrogen-bond donors (Lipinski definition) is 0. The maximum atomic E-state index is 14.5. The van der Waals surface area contributed by atoms with E-state index in [2.05, 4.69) is 23.7 Å². The van der Waals surface area contributed by atoms with Crippen molar-refractivity contribution >= 4 is 10.8 Å². The zero-order valence-electron chi connectivity index (χ0n) is 17.4. The first-order chi connectivity index (χ1) is 15.8. The fraction of sp³-hybridized carbons (Fsp3) is 0.0714. The SMILES string of the molecule is CCc1ccc(C#Cc2cc(F)c(C#Cc3ccc4cc(F)c(F)cc4c3)c(F)c2)c(F)c1. The van der Waals surface area contributed by atoms with E-state index in [-0.39, 0.29) is 11.1 Å². The van der Waals surface area contributed by atoms with Gasteiger partial charge in [0.25, 0.3) is 0 Å². The molecule has 0 aliphatic carbocycles. The third kappa shape index (κ3) is 4.89. The highest BCUT2D eigenvalue weighted by Crippen LogP contribution is 2.20. The van der Waals surface area contributed by atoms with Gasteiger partial charge in [0.15, 0.2) is 11.6 Å². The van der Waals surface area contributed by atoms with Gasteiger partial charge in [-0.25, -0.2) is 22.0 Å². The molecule has 0 spiro atoms. The van der Waals surface area contributed by atoms with Crippen molar-refractivity contribution in [2.45, 2.75) is 13.3 Å². The molecule has 0 aliphatic heterocycles. The minimum Gasteiger partial charge on any atom is -0.206 e. The first kappa shape index (κ1) is 22.1. The van der Waals surface area contributed by atoms with Crippen molar-refractivity contribution in [3.63, 3.8) is 0 Å². The van der Waals surface area contributed by atoms with Crippen LogP contribution >= 0.6 is 0 Å². The highest BCUT2D eigenvalue weighted by molar-refractivity contribution is 5.84. The Morgan fingerprint density at radius 3 is 1.88 bits per heavy atom. The molecule has 33 heavy (non-hydrogen) atoms. The summed E-state index contributed by atoms with van der Waals surface area (Å²) < 4.78 is 69.8. The number of halogens is 5. The Kier molecular flexibility index (Phi) is 6.16. The van der Waals surface area contributed by atoms with Gasteiger partial charge in [0.05, 0.1) is 11.1 Å². The Balaban J connectivity index is 1.63. The molecule has 5 heteroatoms. The van der Waals surface area contributed by atoms with Crippen molar-refractivity contribution in [2.24, 2.45) is 0 Å². The number of benzene rings is 4. The second-order valence-electron chi connectivity index (χ2n) is 7.31. The van der Waals surface area contributed by atoms with Crippen LogP contribution in [0, 0.1) is 52.8 Å². The summed E-state index contributed by atoms with van der Waals surface area (Å²) >= 11 is 0. The van der Waals surface area contributed by atoms with Crippen molar-refractivity contribution in [1.82, 2.24) is 0 Å². The molecule has 0 aromatic heterocycles. The summed E-state index contributed by atoms with van der Waals surface area (Å²) in [6, 6.07) is 13.4. The molecule has 0 N–H and O–H groups in total. The molecular formula is C28H15F5. The molecule has 0 amide bonds. The van der Waals surface area contributed by atoms with Crippen LogP contribution in [0.5, 0.6) is 0 Å². The van der Waals surface area contributed by atoms with Gasteiger partial charge in [-0.2, -0.15) is 0 Å². The van der Waals surface area contributed by atoms with Crippen molar-refractivity contribution in [2.75, 3.05) is 0 Å². The zero-order chi connectivity index (χ0) is 23.5. The summed E-state index contributed by atoms with van der Waals surface area (Å²) in [6.45, 7) is 1.90. The van der Waals surface area contributed by atoms with E-state index in [4.69, 9.17) is 0 Å². The lowest BCUT2D eigenvalue weighted by Crippen LogP contribution is -1.93. The number of hydrogen-bond acceptors (Lipinski definition) is 0. The lowest BCUT2D eigenvalue weighted by molar-refractivity contribution is 0.511. The summed E-state index contributed by atoms with van der Waals surface area (Å²) in [5.74, 6) is 5.93. The van der Waals surface area contributed by atoms with Gasteiger partial charge in [0.1, 0.15) is 17.5 Å². The van der Waals surface area contributed by atoms with Crippen LogP contribution in [0.3, 0.4) is 0 Å². The Bertz CT molecular complexity index is 1490. The topological polar surface area (TPSA) is 0 Å². The lowest BCUT2D eigenvalue weighted by atomic mass is 10.1. The number of aryl methyl sites for hydroxylation is 1. The lowest BCUT2D eigenvalue weighted by Gasteiger charge is -2.01. The molecule has 0 saturated carbocycles. The quantitative estimate of drug-likeness (QED) is 0.220. The molecule has 4 aromatic rings. The molecule has 4 rings (SSSR count). The minimum absolute atomic E-state index is 0.0396. The number of fused-ring (bicyclic) bond motifs is 1. The summed E-state index contributed by atoms with van der Waals surface area (Å²) in [5.41, 5.74) is 0.913. The molecular weight excluding hydrogens is 431 g/mol. The maximum absolute atomic E-state index is 14.5. The predicted molar refractivity (Wildman–Crippen MR) is 118 cm³/mol. The van der Waals surface area contributed by atoms with Gasteiger partial charge >= 0.3 is 0 Å². The molecule has 0 unspecified atom stereocenters. The Labute approximate surface area is 187 Å². The van der Waals surface area contributed by atoms with Gasteiger partial charge in [-0.3, -0.25) is 0 Å². The summed E-state index contributed by atoms with van der Waals surface area (Å²) in [4.78, 5) is 0. The first-order valence-electron chi connectivity index (χ1n) is 10.0. The van der Waals surface area contributed by atoms with Gasteiger partial charge in [-0.05, 0) is 71.3 Å². The zero-order valence-corrected chi connectivity index (χ0v) is 17.4. The van der Waals surface area contributed by atoms with Crippen LogP contribution < -0.4 is 0 Å². The van der Waals surface area contributed by atoms with E-state index in [1.165, 1.54) is 18.2 Å². The standard InChI is InChI=1S/C28H15F5/c1-2-17-3-7-20(24(29)12-17)8-5-19-13-25(30)23(26(31)14-19)10-6-18-4-9-21-15-27(32)28(33)16-22(21)11-18/h3-4,7,9,11-16H,2H2,1H3. The third-order valence-electron chi connectivity index (χ3n) is 5.04. The fourth-order valence-corrected chi connectivity index (χ4v) is 3.24. The van der Waals surface area contributed by atoms with Gasteiger partial charge in [0, 0.05) is 11.1 Å². The van der Waals surface area contributed by atoms with Crippen molar-refractivity contribution in [3.8, 4) is 23.7 Å². The highest BCUT2D eigenvalue weighted by atomic mass is 19.2. The fourth-order valence-electron chi connectivity index (χ4n) is 3.24. The molecule has 0 aliphatic rings. The van der Waals surface area contributed by atoms with Crippen LogP contribution in [0.1, 0.15) is 34.7 Å².